The van der Waals surface area contributed by atoms with Crippen molar-refractivity contribution < 1.29 is 4.79 Å². The molecule has 0 atom stereocenters. The van der Waals surface area contributed by atoms with Crippen molar-refractivity contribution in [2.45, 2.75) is 25.7 Å². The minimum Gasteiger partial charge on any atom is -0.319 e. The molecule has 1 aromatic rings. The molecule has 0 aromatic heterocycles. The van der Waals surface area contributed by atoms with Crippen LogP contribution < -0.4 is 5.32 Å². The van der Waals surface area contributed by atoms with Gasteiger partial charge in [0.2, 0.25) is 0 Å². The standard InChI is InChI=1S/C15H17NO/c1-16-10-3-2-5-12-8-9-13-6-4-7-15(17)14(13)11-12/h8-9,11,16H,3-4,6-7,10H2,1H3. The van der Waals surface area contributed by atoms with E-state index in [9.17, 15) is 4.79 Å². The van der Waals surface area contributed by atoms with Gasteiger partial charge in [-0.2, -0.15) is 0 Å². The summed E-state index contributed by atoms with van der Waals surface area (Å²) in [5, 5.41) is 3.05. The van der Waals surface area contributed by atoms with Crippen LogP contribution in [0.5, 0.6) is 0 Å². The summed E-state index contributed by atoms with van der Waals surface area (Å²) in [7, 11) is 1.92. The molecular weight excluding hydrogens is 210 g/mol. The lowest BCUT2D eigenvalue weighted by Gasteiger charge is -2.14. The highest BCUT2D eigenvalue weighted by Gasteiger charge is 2.16. The monoisotopic (exact) mass is 227 g/mol. The summed E-state index contributed by atoms with van der Waals surface area (Å²) in [6.45, 7) is 0.900. The van der Waals surface area contributed by atoms with E-state index in [4.69, 9.17) is 0 Å². The second kappa shape index (κ2) is 5.65. The third-order valence-electron chi connectivity index (χ3n) is 2.99. The maximum absolute atomic E-state index is 11.8. The molecule has 0 bridgehead atoms. The first-order valence-electron chi connectivity index (χ1n) is 6.11. The summed E-state index contributed by atoms with van der Waals surface area (Å²) < 4.78 is 0. The molecule has 2 nitrogen and oxygen atoms in total. The van der Waals surface area contributed by atoms with Crippen molar-refractivity contribution in [2.75, 3.05) is 13.6 Å². The second-order valence-electron chi connectivity index (χ2n) is 4.30. The van der Waals surface area contributed by atoms with Crippen LogP contribution in [-0.4, -0.2) is 19.4 Å². The van der Waals surface area contributed by atoms with Gasteiger partial charge in [-0.3, -0.25) is 4.79 Å². The number of fused-ring (bicyclic) bond motifs is 1. The van der Waals surface area contributed by atoms with Crippen LogP contribution in [0.2, 0.25) is 0 Å². The number of nitrogens with one attached hydrogen (secondary N) is 1. The van der Waals surface area contributed by atoms with Crippen LogP contribution in [0.3, 0.4) is 0 Å². The smallest absolute Gasteiger partial charge is 0.163 e. The molecular formula is C15H17NO. The predicted molar refractivity (Wildman–Crippen MR) is 69.1 cm³/mol. The Morgan fingerprint density at radius 2 is 2.24 bits per heavy atom. The second-order valence-corrected chi connectivity index (χ2v) is 4.30. The molecule has 0 fully saturated rings. The first-order valence-corrected chi connectivity index (χ1v) is 6.11. The fourth-order valence-electron chi connectivity index (χ4n) is 2.06. The number of rotatable bonds is 2. The third kappa shape index (κ3) is 2.95. The lowest BCUT2D eigenvalue weighted by atomic mass is 9.89. The molecule has 1 aliphatic carbocycles. The molecule has 1 aromatic carbocycles. The minimum absolute atomic E-state index is 0.269. The highest BCUT2D eigenvalue weighted by Crippen LogP contribution is 2.21. The minimum atomic E-state index is 0.269. The average molecular weight is 227 g/mol. The van der Waals surface area contributed by atoms with E-state index >= 15 is 0 Å². The number of aryl methyl sites for hydroxylation is 1. The van der Waals surface area contributed by atoms with Gasteiger partial charge in [0, 0.05) is 30.5 Å². The average Bonchev–Trinajstić information content (AvgIpc) is 2.36. The normalized spacial score (nSPS) is 13.8. The Kier molecular flexibility index (Phi) is 3.95. The summed E-state index contributed by atoms with van der Waals surface area (Å²) in [5.41, 5.74) is 3.02. The Morgan fingerprint density at radius 1 is 1.35 bits per heavy atom. The molecule has 0 amide bonds. The van der Waals surface area contributed by atoms with Crippen LogP contribution in [-0.2, 0) is 6.42 Å². The molecule has 2 rings (SSSR count). The number of hydrogen-bond donors (Lipinski definition) is 1. The Balaban J connectivity index is 2.17. The molecule has 1 aliphatic rings. The summed E-state index contributed by atoms with van der Waals surface area (Å²) >= 11 is 0. The van der Waals surface area contributed by atoms with E-state index in [1.807, 2.05) is 19.2 Å². The number of carbonyl (C=O) groups excluding carboxylic acids is 1. The van der Waals surface area contributed by atoms with Crippen molar-refractivity contribution in [3.63, 3.8) is 0 Å². The molecule has 0 spiro atoms. The van der Waals surface area contributed by atoms with Gasteiger partial charge in [0.15, 0.2) is 5.78 Å². The van der Waals surface area contributed by atoms with Crippen molar-refractivity contribution in [1.82, 2.24) is 5.32 Å². The van der Waals surface area contributed by atoms with Gasteiger partial charge >= 0.3 is 0 Å². The molecule has 0 heterocycles. The summed E-state index contributed by atoms with van der Waals surface area (Å²) in [6, 6.07) is 6.02. The lowest BCUT2D eigenvalue weighted by Crippen LogP contribution is -2.10. The van der Waals surface area contributed by atoms with Gasteiger partial charge < -0.3 is 5.32 Å². The van der Waals surface area contributed by atoms with E-state index in [-0.39, 0.29) is 5.78 Å². The summed E-state index contributed by atoms with van der Waals surface area (Å²) in [4.78, 5) is 11.8. The van der Waals surface area contributed by atoms with Crippen molar-refractivity contribution >= 4 is 5.78 Å². The molecule has 88 valence electrons. The van der Waals surface area contributed by atoms with Gasteiger partial charge in [-0.1, -0.05) is 17.9 Å². The zero-order chi connectivity index (χ0) is 12.1. The van der Waals surface area contributed by atoms with Crippen LogP contribution in [0.15, 0.2) is 18.2 Å². The maximum Gasteiger partial charge on any atom is 0.163 e. The topological polar surface area (TPSA) is 29.1 Å². The van der Waals surface area contributed by atoms with E-state index in [0.29, 0.717) is 6.42 Å². The summed E-state index contributed by atoms with van der Waals surface area (Å²) in [6.07, 6.45) is 3.53. The van der Waals surface area contributed by atoms with Gasteiger partial charge in [-0.15, -0.1) is 0 Å². The highest BCUT2D eigenvalue weighted by atomic mass is 16.1. The Bertz CT molecular complexity index is 479. The fourth-order valence-corrected chi connectivity index (χ4v) is 2.06. The fraction of sp³-hybridized carbons (Fsp3) is 0.400. The molecule has 2 heteroatoms. The summed E-state index contributed by atoms with van der Waals surface area (Å²) in [5.74, 6) is 6.48. The predicted octanol–water partition coefficient (Wildman–Crippen LogP) is 2.17. The van der Waals surface area contributed by atoms with Gasteiger partial charge in [0.25, 0.3) is 0 Å². The Morgan fingerprint density at radius 3 is 3.06 bits per heavy atom. The Labute approximate surface area is 102 Å². The van der Waals surface area contributed by atoms with E-state index in [1.165, 1.54) is 5.56 Å². The number of carbonyl (C=O) groups is 1. The molecule has 0 radical (unpaired) electrons. The number of benzene rings is 1. The van der Waals surface area contributed by atoms with Gasteiger partial charge in [-0.05, 0) is 37.6 Å². The van der Waals surface area contributed by atoms with Crippen molar-refractivity contribution in [3.05, 3.63) is 34.9 Å². The number of Topliss-reactive ketones (excluding diaryl/α,β-unsaturated/α-hetero) is 1. The Hall–Kier alpha value is -1.59. The van der Waals surface area contributed by atoms with Gasteiger partial charge in [0.1, 0.15) is 0 Å². The molecule has 0 saturated heterocycles. The van der Waals surface area contributed by atoms with Crippen molar-refractivity contribution in [1.29, 1.82) is 0 Å². The van der Waals surface area contributed by atoms with Crippen LogP contribution in [0.4, 0.5) is 0 Å². The van der Waals surface area contributed by atoms with Crippen LogP contribution in [0.25, 0.3) is 0 Å². The first-order chi connectivity index (χ1) is 8.31. The maximum atomic E-state index is 11.8. The molecule has 0 saturated carbocycles. The molecule has 0 unspecified atom stereocenters. The number of ketones is 1. The van der Waals surface area contributed by atoms with Crippen LogP contribution in [0, 0.1) is 11.8 Å². The van der Waals surface area contributed by atoms with Gasteiger partial charge in [-0.25, -0.2) is 0 Å². The highest BCUT2D eigenvalue weighted by molar-refractivity contribution is 5.98. The largest absolute Gasteiger partial charge is 0.319 e. The van der Waals surface area contributed by atoms with E-state index in [0.717, 1.165) is 36.9 Å². The molecule has 1 N–H and O–H groups in total. The first kappa shape index (κ1) is 11.9. The van der Waals surface area contributed by atoms with Gasteiger partial charge in [0.05, 0.1) is 0 Å². The molecule has 0 aliphatic heterocycles. The molecule has 17 heavy (non-hydrogen) atoms. The van der Waals surface area contributed by atoms with Crippen LogP contribution in [0.1, 0.15) is 40.7 Å². The number of hydrogen-bond acceptors (Lipinski definition) is 2. The zero-order valence-corrected chi connectivity index (χ0v) is 10.2. The van der Waals surface area contributed by atoms with E-state index < -0.39 is 0 Å². The lowest BCUT2D eigenvalue weighted by molar-refractivity contribution is 0.0972. The van der Waals surface area contributed by atoms with E-state index in [2.05, 4.69) is 23.2 Å². The SMILES string of the molecule is CNCCC#Cc1ccc2c(c1)C(=O)CCC2. The third-order valence-corrected chi connectivity index (χ3v) is 2.99. The zero-order valence-electron chi connectivity index (χ0n) is 10.2. The van der Waals surface area contributed by atoms with Crippen LogP contribution >= 0.6 is 0 Å². The quantitative estimate of drug-likeness (QED) is 0.619. The van der Waals surface area contributed by atoms with Crippen molar-refractivity contribution in [2.24, 2.45) is 0 Å². The van der Waals surface area contributed by atoms with E-state index in [1.54, 1.807) is 0 Å². The van der Waals surface area contributed by atoms with Crippen molar-refractivity contribution in [3.8, 4) is 11.8 Å².